The quantitative estimate of drug-likeness (QED) is 0.0791. The van der Waals surface area contributed by atoms with Gasteiger partial charge < -0.3 is 45.3 Å². The monoisotopic (exact) mass is 803 g/mol. The number of nitrogens with zero attached hydrogens (tertiary/aromatic N) is 1. The molecule has 1 heterocycles. The number of hydrogen-bond acceptors (Lipinski definition) is 11. The zero-order valence-electron chi connectivity index (χ0n) is 35.1. The summed E-state index contributed by atoms with van der Waals surface area (Å²) in [7, 11) is 1.62. The summed E-state index contributed by atoms with van der Waals surface area (Å²) in [5, 5.41) is 19.8. The fraction of sp³-hybridized carbons (Fsp3) is 0.625. The van der Waals surface area contributed by atoms with Gasteiger partial charge in [0.25, 0.3) is 17.7 Å². The highest BCUT2D eigenvalue weighted by atomic mass is 16.7. The van der Waals surface area contributed by atoms with Gasteiger partial charge in [-0.15, -0.1) is 0 Å². The molecule has 1 aromatic rings. The molecule has 1 atom stereocenters. The van der Waals surface area contributed by atoms with E-state index in [9.17, 15) is 33.6 Å². The van der Waals surface area contributed by atoms with Gasteiger partial charge >= 0.3 is 6.16 Å². The van der Waals surface area contributed by atoms with E-state index in [0.717, 1.165) is 4.90 Å². The van der Waals surface area contributed by atoms with E-state index < -0.39 is 77.4 Å². The molecule has 17 heteroatoms. The largest absolute Gasteiger partial charge is 0.506 e. The number of carboxylic acid groups (broad SMARTS) is 1. The molecule has 0 radical (unpaired) electrons. The maximum atomic E-state index is 13.4. The zero-order valence-corrected chi connectivity index (χ0v) is 35.1. The summed E-state index contributed by atoms with van der Waals surface area (Å²) >= 11 is 0. The second kappa shape index (κ2) is 20.5. The Hall–Kier alpha value is -4.87. The fourth-order valence-electron chi connectivity index (χ4n) is 5.31. The number of nitrogens with one attached hydrogen (secondary N) is 4. The van der Waals surface area contributed by atoms with Crippen LogP contribution < -0.4 is 21.3 Å². The van der Waals surface area contributed by atoms with E-state index in [-0.39, 0.29) is 54.5 Å². The number of ether oxygens (including phenoxy) is 4. The predicted octanol–water partition coefficient (Wildman–Crippen LogP) is 3.55. The summed E-state index contributed by atoms with van der Waals surface area (Å²) in [5.74, 6) is -3.37. The average molecular weight is 804 g/mol. The lowest BCUT2D eigenvalue weighted by molar-refractivity contribution is -0.143. The van der Waals surface area contributed by atoms with Crippen molar-refractivity contribution in [3.05, 3.63) is 41.5 Å². The third-order valence-electron chi connectivity index (χ3n) is 9.35. The van der Waals surface area contributed by atoms with E-state index in [1.54, 1.807) is 48.7 Å². The number of imide groups is 1. The van der Waals surface area contributed by atoms with Crippen molar-refractivity contribution in [2.45, 2.75) is 112 Å². The van der Waals surface area contributed by atoms with Gasteiger partial charge in [-0.3, -0.25) is 33.7 Å². The number of benzene rings is 1. The van der Waals surface area contributed by atoms with Gasteiger partial charge in [0.1, 0.15) is 12.6 Å². The SMILES string of the molecule is COC(C)(C)CCOC(C)(C)CNC(=O)c1cc(NC(=O)CNC(=O)C(NC(=O)C(C)(C)CCOC(C)(C)CN2C(=O)C=CC2=O)C(C)C)ccc1COC(=O)O. The average Bonchev–Trinajstić information content (AvgIpc) is 3.42. The Kier molecular flexibility index (Phi) is 17.4. The summed E-state index contributed by atoms with van der Waals surface area (Å²) in [5.41, 5.74) is -2.47. The van der Waals surface area contributed by atoms with E-state index >= 15 is 0 Å². The maximum absolute atomic E-state index is 13.4. The van der Waals surface area contributed by atoms with Gasteiger partial charge in [-0.1, -0.05) is 33.8 Å². The van der Waals surface area contributed by atoms with Crippen LogP contribution in [0.5, 0.6) is 0 Å². The lowest BCUT2D eigenvalue weighted by Crippen LogP contribution is -2.54. The summed E-state index contributed by atoms with van der Waals surface area (Å²) in [4.78, 5) is 89.0. The number of methoxy groups -OCH3 is 1. The van der Waals surface area contributed by atoms with Crippen LogP contribution in [0.15, 0.2) is 30.4 Å². The number of hydrogen-bond donors (Lipinski definition) is 5. The zero-order chi connectivity index (χ0) is 43.4. The highest BCUT2D eigenvalue weighted by Gasteiger charge is 2.35. The molecular formula is C40H61N5O12. The Morgan fingerprint density at radius 1 is 0.825 bits per heavy atom. The summed E-state index contributed by atoms with van der Waals surface area (Å²) in [6, 6.07) is 3.31. The van der Waals surface area contributed by atoms with Crippen molar-refractivity contribution in [3.63, 3.8) is 0 Å². The summed E-state index contributed by atoms with van der Waals surface area (Å²) in [6.45, 7) is 17.7. The van der Waals surface area contributed by atoms with E-state index in [0.29, 0.717) is 13.0 Å². The van der Waals surface area contributed by atoms with Crippen LogP contribution in [0.4, 0.5) is 10.5 Å². The summed E-state index contributed by atoms with van der Waals surface area (Å²) < 4.78 is 22.0. The van der Waals surface area contributed by atoms with E-state index in [1.165, 1.54) is 30.4 Å². The molecule has 0 aliphatic carbocycles. The first kappa shape index (κ1) is 48.3. The van der Waals surface area contributed by atoms with Crippen molar-refractivity contribution in [1.29, 1.82) is 0 Å². The normalized spacial score (nSPS) is 14.1. The number of carbonyl (C=O) groups excluding carboxylic acids is 6. The molecule has 0 saturated heterocycles. The Bertz CT molecular complexity index is 1650. The lowest BCUT2D eigenvalue weighted by Gasteiger charge is -2.32. The minimum Gasteiger partial charge on any atom is -0.450 e. The smallest absolute Gasteiger partial charge is 0.450 e. The van der Waals surface area contributed by atoms with Gasteiger partial charge in [0.15, 0.2) is 0 Å². The second-order valence-corrected chi connectivity index (χ2v) is 16.7. The number of carbonyl (C=O) groups is 7. The number of amides is 6. The molecule has 1 aliphatic heterocycles. The third-order valence-corrected chi connectivity index (χ3v) is 9.35. The Morgan fingerprint density at radius 2 is 1.42 bits per heavy atom. The van der Waals surface area contributed by atoms with Gasteiger partial charge in [0.05, 0.1) is 36.5 Å². The minimum atomic E-state index is -1.53. The molecule has 1 unspecified atom stereocenters. The van der Waals surface area contributed by atoms with E-state index in [1.807, 2.05) is 27.7 Å². The number of anilines is 1. The Morgan fingerprint density at radius 3 is 2.00 bits per heavy atom. The first-order valence-corrected chi connectivity index (χ1v) is 18.8. The van der Waals surface area contributed by atoms with Crippen LogP contribution in [-0.2, 0) is 49.5 Å². The Labute approximate surface area is 334 Å². The molecule has 5 N–H and O–H groups in total. The lowest BCUT2D eigenvalue weighted by atomic mass is 9.87. The minimum absolute atomic E-state index is 0.0422. The number of rotatable bonds is 23. The van der Waals surface area contributed by atoms with Crippen LogP contribution in [0.3, 0.4) is 0 Å². The van der Waals surface area contributed by atoms with Gasteiger partial charge in [0.2, 0.25) is 17.7 Å². The van der Waals surface area contributed by atoms with Crippen molar-refractivity contribution in [1.82, 2.24) is 20.9 Å². The summed E-state index contributed by atoms with van der Waals surface area (Å²) in [6.07, 6.45) is 1.76. The molecule has 318 valence electrons. The molecule has 2 rings (SSSR count). The highest BCUT2D eigenvalue weighted by Crippen LogP contribution is 2.24. The van der Waals surface area contributed by atoms with Crippen LogP contribution in [0.25, 0.3) is 0 Å². The maximum Gasteiger partial charge on any atom is 0.506 e. The molecule has 0 fully saturated rings. The molecular weight excluding hydrogens is 742 g/mol. The third kappa shape index (κ3) is 16.3. The van der Waals surface area contributed by atoms with Gasteiger partial charge in [-0.2, -0.15) is 0 Å². The second-order valence-electron chi connectivity index (χ2n) is 16.7. The van der Waals surface area contributed by atoms with E-state index in [4.69, 9.17) is 24.1 Å². The molecule has 57 heavy (non-hydrogen) atoms. The molecule has 1 aromatic carbocycles. The van der Waals surface area contributed by atoms with Crippen molar-refractivity contribution < 1.29 is 57.6 Å². The Balaban J connectivity index is 2.01. The molecule has 0 aromatic heterocycles. The van der Waals surface area contributed by atoms with Crippen molar-refractivity contribution in [2.75, 3.05) is 45.3 Å². The molecule has 6 amide bonds. The van der Waals surface area contributed by atoms with Crippen LogP contribution in [-0.4, -0.2) is 114 Å². The van der Waals surface area contributed by atoms with Gasteiger partial charge in [-0.25, -0.2) is 4.79 Å². The van der Waals surface area contributed by atoms with Crippen LogP contribution in [0, 0.1) is 11.3 Å². The first-order chi connectivity index (χ1) is 26.3. The predicted molar refractivity (Wildman–Crippen MR) is 210 cm³/mol. The molecule has 0 bridgehead atoms. The molecule has 0 spiro atoms. The first-order valence-electron chi connectivity index (χ1n) is 18.8. The van der Waals surface area contributed by atoms with Crippen molar-refractivity contribution in [2.24, 2.45) is 11.3 Å². The van der Waals surface area contributed by atoms with E-state index in [2.05, 4.69) is 21.3 Å². The van der Waals surface area contributed by atoms with Crippen LogP contribution >= 0.6 is 0 Å². The van der Waals surface area contributed by atoms with Gasteiger partial charge in [0, 0.05) is 54.6 Å². The standard InChI is InChI=1S/C40H61N5O12/c1-25(2)32(44-35(51)37(3,4)16-18-57-40(9,10)24-45-30(47)14-15-31(45)48)34(50)41-21-29(46)43-27-13-12-26(22-55-36(52)53)28(20-27)33(49)42-23-39(7,8)56-19-17-38(5,6)54-11/h12-15,20,25,32H,16-19,21-24H2,1-11H3,(H,41,50)(H,42,49)(H,43,46)(H,44,51)(H,52,53). The molecule has 1 aliphatic rings. The van der Waals surface area contributed by atoms with Crippen molar-refractivity contribution in [3.8, 4) is 0 Å². The van der Waals surface area contributed by atoms with Crippen LogP contribution in [0.2, 0.25) is 0 Å². The molecule has 17 nitrogen and oxygen atoms in total. The molecule has 0 saturated carbocycles. The fourth-order valence-corrected chi connectivity index (χ4v) is 5.31. The highest BCUT2D eigenvalue weighted by molar-refractivity contribution is 6.13. The van der Waals surface area contributed by atoms with Crippen LogP contribution in [0.1, 0.15) is 98.0 Å². The topological polar surface area (TPSA) is 228 Å². The van der Waals surface area contributed by atoms with Gasteiger partial charge in [-0.05, 0) is 72.4 Å². The van der Waals surface area contributed by atoms with Crippen molar-refractivity contribution >= 4 is 47.3 Å².